The van der Waals surface area contributed by atoms with Crippen molar-refractivity contribution in [2.75, 3.05) is 51.5 Å². The molecule has 3 aliphatic heterocycles. The lowest BCUT2D eigenvalue weighted by Gasteiger charge is -2.34. The van der Waals surface area contributed by atoms with Crippen LogP contribution in [0.4, 0.5) is 0 Å². The predicted octanol–water partition coefficient (Wildman–Crippen LogP) is 11.0. The molecule has 0 radical (unpaired) electrons. The minimum atomic E-state index is -0.938. The second-order valence-corrected chi connectivity index (χ2v) is 31.6. The van der Waals surface area contributed by atoms with Crippen LogP contribution in [0.5, 0.6) is 23.0 Å². The Bertz CT molecular complexity index is 2710. The highest BCUT2D eigenvalue weighted by Gasteiger charge is 2.38. The van der Waals surface area contributed by atoms with Gasteiger partial charge in [0.15, 0.2) is 0 Å². The van der Waals surface area contributed by atoms with E-state index in [1.165, 1.54) is 71.6 Å². The number of phenols is 4. The van der Waals surface area contributed by atoms with Gasteiger partial charge in [0, 0.05) is 120 Å². The quantitative estimate of drug-likeness (QED) is 0.0854. The highest BCUT2D eigenvalue weighted by molar-refractivity contribution is 8.77. The van der Waals surface area contributed by atoms with Crippen molar-refractivity contribution in [2.24, 2.45) is 0 Å². The maximum Gasteiger partial charge on any atom is 0.323 e. The van der Waals surface area contributed by atoms with Gasteiger partial charge in [0.25, 0.3) is 0 Å². The summed E-state index contributed by atoms with van der Waals surface area (Å²) in [6.45, 7) is 25.1. The van der Waals surface area contributed by atoms with Gasteiger partial charge in [-0.3, -0.25) is 38.8 Å². The summed E-state index contributed by atoms with van der Waals surface area (Å²) in [6.07, 6.45) is 0. The molecule has 4 aromatic rings. The molecule has 84 heavy (non-hydrogen) atoms. The number of rotatable bonds is 4. The third kappa shape index (κ3) is 15.7. The lowest BCUT2D eigenvalue weighted by molar-refractivity contribution is -0.147. The minimum Gasteiger partial charge on any atom is -0.507 e. The van der Waals surface area contributed by atoms with E-state index in [2.05, 4.69) is 83.1 Å². The van der Waals surface area contributed by atoms with Crippen molar-refractivity contribution >= 4 is 67.1 Å². The van der Waals surface area contributed by atoms with Crippen LogP contribution in [0.25, 0.3) is 0 Å². The largest absolute Gasteiger partial charge is 0.507 e. The van der Waals surface area contributed by atoms with Crippen LogP contribution < -0.4 is 0 Å². The van der Waals surface area contributed by atoms with Gasteiger partial charge in [0.05, 0.1) is 28.4 Å². The van der Waals surface area contributed by atoms with E-state index in [0.29, 0.717) is 44.5 Å². The molecule has 4 N–H and O–H groups in total. The molecule has 0 saturated carbocycles. The lowest BCUT2D eigenvalue weighted by atomic mass is 9.83. The normalized spacial score (nSPS) is 23.3. The van der Waals surface area contributed by atoms with Crippen LogP contribution in [0, 0.1) is 0 Å². The van der Waals surface area contributed by atoms with Gasteiger partial charge < -0.3 is 39.4 Å². The molecule has 16 nitrogen and oxygen atoms in total. The highest BCUT2D eigenvalue weighted by atomic mass is 33.1. The minimum absolute atomic E-state index is 0.00740. The highest BCUT2D eigenvalue weighted by Crippen LogP contribution is 2.43. The summed E-state index contributed by atoms with van der Waals surface area (Å²) in [5.74, 6) is -1.64. The van der Waals surface area contributed by atoms with E-state index in [4.69, 9.17) is 18.9 Å². The Morgan fingerprint density at radius 1 is 0.333 bits per heavy atom. The monoisotopic (exact) mass is 1230 g/mol. The van der Waals surface area contributed by atoms with E-state index < -0.39 is 69.7 Å². The number of ether oxygens (including phenoxy) is 4. The zero-order valence-corrected chi connectivity index (χ0v) is 55.2. The molecule has 6 unspecified atom stereocenters. The van der Waals surface area contributed by atoms with Gasteiger partial charge in [-0.15, -0.1) is 0 Å². The zero-order chi connectivity index (χ0) is 62.0. The van der Waals surface area contributed by atoms with Gasteiger partial charge in [-0.1, -0.05) is 175 Å². The Morgan fingerprint density at radius 2 is 0.476 bits per heavy atom. The third-order valence-corrected chi connectivity index (χ3v) is 21.0. The Morgan fingerprint density at radius 3 is 0.595 bits per heavy atom. The zero-order valence-electron chi connectivity index (χ0n) is 51.9. The number of hydrogen-bond acceptors (Lipinski definition) is 20. The Labute approximate surface area is 513 Å². The first-order chi connectivity index (χ1) is 39.3. The van der Waals surface area contributed by atoms with Crippen molar-refractivity contribution in [3.63, 3.8) is 0 Å². The summed E-state index contributed by atoms with van der Waals surface area (Å²) in [6, 6.07) is 11.8. The molecular weight excluding hydrogens is 1140 g/mol. The average molecular weight is 1230 g/mol. The van der Waals surface area contributed by atoms with Crippen molar-refractivity contribution in [3.8, 4) is 23.0 Å². The van der Waals surface area contributed by atoms with Crippen LogP contribution >= 0.6 is 43.2 Å². The molecule has 8 atom stereocenters. The van der Waals surface area contributed by atoms with E-state index in [-0.39, 0.29) is 98.4 Å². The van der Waals surface area contributed by atoms with Crippen LogP contribution in [0.3, 0.4) is 0 Å². The fraction of sp³-hybridized carbons (Fsp3) is 0.562. The average Bonchev–Trinajstić information content (AvgIpc) is 1.71. The molecule has 0 spiro atoms. The van der Waals surface area contributed by atoms with Crippen LogP contribution in [0.1, 0.15) is 150 Å². The van der Waals surface area contributed by atoms with E-state index in [1.807, 2.05) is 68.1 Å². The summed E-state index contributed by atoms with van der Waals surface area (Å²) in [5.41, 5.74) is 5.63. The number of aromatic hydroxyl groups is 4. The number of carbonyl (C=O) groups is 4. The van der Waals surface area contributed by atoms with E-state index >= 15 is 0 Å². The predicted molar refractivity (Wildman–Crippen MR) is 337 cm³/mol. The molecule has 0 aliphatic carbocycles. The molecule has 0 fully saturated rings. The molecule has 3 heterocycles. The maximum atomic E-state index is 14.4. The number of methoxy groups -OCH3 is 4. The number of nitrogens with zero attached hydrogens (tertiary/aromatic N) is 4. The first-order valence-electron chi connectivity index (χ1n) is 28.4. The number of carbonyl (C=O) groups excluding carboxylic acids is 4. The fourth-order valence-corrected chi connectivity index (χ4v) is 15.9. The topological polar surface area (TPSA) is 199 Å². The van der Waals surface area contributed by atoms with Crippen LogP contribution in [-0.2, 0) is 112 Å². The molecule has 4 aromatic carbocycles. The van der Waals surface area contributed by atoms with Crippen molar-refractivity contribution in [2.45, 2.75) is 181 Å². The van der Waals surface area contributed by atoms with Gasteiger partial charge >= 0.3 is 23.9 Å². The van der Waals surface area contributed by atoms with Crippen LogP contribution in [0.2, 0.25) is 0 Å². The summed E-state index contributed by atoms with van der Waals surface area (Å²) in [5, 5.41) is 51.5. The van der Waals surface area contributed by atoms with E-state index in [0.717, 1.165) is 22.3 Å². The van der Waals surface area contributed by atoms with Crippen LogP contribution in [-0.4, -0.2) is 140 Å². The van der Waals surface area contributed by atoms with E-state index in [9.17, 15) is 39.6 Å². The van der Waals surface area contributed by atoms with Gasteiger partial charge in [0.2, 0.25) is 0 Å². The Hall–Kier alpha value is -4.80. The summed E-state index contributed by atoms with van der Waals surface area (Å²) in [4.78, 5) is 65.3. The molecule has 3 aliphatic rings. The van der Waals surface area contributed by atoms with Crippen molar-refractivity contribution in [1.82, 2.24) is 19.6 Å². The van der Waals surface area contributed by atoms with Crippen molar-refractivity contribution < 1.29 is 58.6 Å². The number of fused-ring (bicyclic) bond motifs is 8. The van der Waals surface area contributed by atoms with Crippen molar-refractivity contribution in [3.05, 3.63) is 115 Å². The van der Waals surface area contributed by atoms with Gasteiger partial charge in [0.1, 0.15) is 47.2 Å². The number of phenolic OH excluding ortho intramolecular Hbond substituents is 4. The molecule has 7 rings (SSSR count). The van der Waals surface area contributed by atoms with Gasteiger partial charge in [-0.05, 0) is 43.9 Å². The number of benzene rings is 4. The van der Waals surface area contributed by atoms with E-state index in [1.54, 1.807) is 0 Å². The third-order valence-electron chi connectivity index (χ3n) is 16.2. The fourth-order valence-electron chi connectivity index (χ4n) is 10.9. The van der Waals surface area contributed by atoms with Crippen molar-refractivity contribution in [1.29, 1.82) is 0 Å². The molecular formula is C64H88N4O12S4. The van der Waals surface area contributed by atoms with Gasteiger partial charge in [-0.25, -0.2) is 0 Å². The molecule has 12 bridgehead atoms. The lowest BCUT2D eigenvalue weighted by Crippen LogP contribution is -2.44. The molecule has 20 heteroatoms. The Kier molecular flexibility index (Phi) is 21.5. The summed E-state index contributed by atoms with van der Waals surface area (Å²) in [7, 11) is 10.9. The first-order valence-corrected chi connectivity index (χ1v) is 33.4. The molecule has 0 aromatic heterocycles. The molecule has 0 saturated heterocycles. The first kappa shape index (κ1) is 66.7. The number of esters is 4. The summed E-state index contributed by atoms with van der Waals surface area (Å²) >= 11 is 0. The standard InChI is InChI=1S/C64H88N4O12S4/c1-61(2,3)45-17-37-25-65-29-41-21-47(63(7,8)9)23-43(55(41)71)31-67-27-39-19-46(62(4,5)6)20-40(54(39)70)28-68(52(60(76)80-16)36-84-83-35-51(67)59(75)79-15)32-44-24-48(64(10,11)12)22-42(56(44)72)30-66(26-38(18-45)53(37)69)50(58(74)78-14)34-82-81-33-49(65)57(73)77-13/h17-24,49-52,69-72H,25-36H2,1-16H3/t49-,50-,51?,52?/m1/s1. The smallest absolute Gasteiger partial charge is 0.323 e. The second kappa shape index (κ2) is 27.1. The number of hydrogen-bond donors (Lipinski definition) is 4. The second-order valence-electron chi connectivity index (χ2n) is 26.5. The Balaban J connectivity index is 1.63. The maximum absolute atomic E-state index is 14.4. The summed E-state index contributed by atoms with van der Waals surface area (Å²) < 4.78 is 22.3. The van der Waals surface area contributed by atoms with Gasteiger partial charge in [-0.2, -0.15) is 0 Å². The SMILES string of the molecule is COC(=O)C1CSSCC(C(=O)OC)N2Cc3cc(C(C)(C)C)cc(c3O)CN1Cc1cc(C(C)(C)C)cc(c1O)CN1Cc3cc(C(C)(C)C)cc(c3O)CN(Cc3cc(C(C)(C)C)cc(c3O)C2)[C@@H](C(=O)OC)CSSC[C@@H]1C(=O)OC. The molecule has 0 amide bonds. The molecule has 460 valence electrons. The van der Waals surface area contributed by atoms with Crippen LogP contribution in [0.15, 0.2) is 48.5 Å².